The SMILES string of the molecule is CCNCc1cc(CN(CC)CC2CCC2)c(C)s1. The lowest BCUT2D eigenvalue weighted by Gasteiger charge is -2.31. The number of rotatable bonds is 8. The van der Waals surface area contributed by atoms with Gasteiger partial charge in [0.25, 0.3) is 0 Å². The summed E-state index contributed by atoms with van der Waals surface area (Å²) >= 11 is 1.96. The van der Waals surface area contributed by atoms with Gasteiger partial charge >= 0.3 is 0 Å². The lowest BCUT2D eigenvalue weighted by molar-refractivity contribution is 0.178. The van der Waals surface area contributed by atoms with Crippen LogP contribution in [0.1, 0.15) is 48.4 Å². The fourth-order valence-electron chi connectivity index (χ4n) is 2.67. The molecule has 2 nitrogen and oxygen atoms in total. The van der Waals surface area contributed by atoms with Crippen LogP contribution in [0.3, 0.4) is 0 Å². The average molecular weight is 280 g/mol. The third kappa shape index (κ3) is 4.30. The molecule has 0 spiro atoms. The van der Waals surface area contributed by atoms with Crippen LogP contribution in [0.4, 0.5) is 0 Å². The minimum atomic E-state index is 0.972. The van der Waals surface area contributed by atoms with Crippen LogP contribution in [0.2, 0.25) is 0 Å². The van der Waals surface area contributed by atoms with Crippen molar-refractivity contribution in [3.8, 4) is 0 Å². The van der Waals surface area contributed by atoms with Crippen LogP contribution in [0.25, 0.3) is 0 Å². The molecular formula is C16H28N2S. The smallest absolute Gasteiger partial charge is 0.0299 e. The minimum Gasteiger partial charge on any atom is -0.312 e. The molecule has 1 saturated carbocycles. The zero-order valence-electron chi connectivity index (χ0n) is 12.7. The first-order valence-electron chi connectivity index (χ1n) is 7.74. The number of hydrogen-bond donors (Lipinski definition) is 1. The summed E-state index contributed by atoms with van der Waals surface area (Å²) in [6, 6.07) is 2.41. The monoisotopic (exact) mass is 280 g/mol. The van der Waals surface area contributed by atoms with Crippen molar-refractivity contribution in [3.05, 3.63) is 21.4 Å². The van der Waals surface area contributed by atoms with Gasteiger partial charge < -0.3 is 5.32 Å². The molecule has 0 aromatic carbocycles. The molecule has 0 saturated heterocycles. The molecule has 1 heterocycles. The van der Waals surface area contributed by atoms with E-state index in [1.54, 1.807) is 5.56 Å². The van der Waals surface area contributed by atoms with Crippen molar-refractivity contribution >= 4 is 11.3 Å². The summed E-state index contributed by atoms with van der Waals surface area (Å²) in [7, 11) is 0. The first-order valence-corrected chi connectivity index (χ1v) is 8.55. The predicted molar refractivity (Wildman–Crippen MR) is 84.7 cm³/mol. The van der Waals surface area contributed by atoms with E-state index in [9.17, 15) is 0 Å². The fraction of sp³-hybridized carbons (Fsp3) is 0.750. The van der Waals surface area contributed by atoms with Gasteiger partial charge in [-0.2, -0.15) is 0 Å². The molecule has 1 aromatic heterocycles. The van der Waals surface area contributed by atoms with Gasteiger partial charge in [0.1, 0.15) is 0 Å². The molecule has 1 aliphatic rings. The topological polar surface area (TPSA) is 15.3 Å². The zero-order chi connectivity index (χ0) is 13.7. The Bertz CT molecular complexity index is 382. The van der Waals surface area contributed by atoms with E-state index in [1.807, 2.05) is 11.3 Å². The molecule has 3 heteroatoms. The Morgan fingerprint density at radius 2 is 2.16 bits per heavy atom. The molecular weight excluding hydrogens is 252 g/mol. The molecule has 1 aliphatic carbocycles. The molecule has 0 bridgehead atoms. The maximum atomic E-state index is 3.42. The highest BCUT2D eigenvalue weighted by Crippen LogP contribution is 2.28. The van der Waals surface area contributed by atoms with Gasteiger partial charge in [0.05, 0.1) is 0 Å². The van der Waals surface area contributed by atoms with Crippen molar-refractivity contribution in [1.82, 2.24) is 10.2 Å². The summed E-state index contributed by atoms with van der Waals surface area (Å²) in [6.45, 7) is 12.4. The fourth-order valence-corrected chi connectivity index (χ4v) is 3.69. The summed E-state index contributed by atoms with van der Waals surface area (Å²) in [6.07, 6.45) is 4.35. The lowest BCUT2D eigenvalue weighted by atomic mass is 9.85. The van der Waals surface area contributed by atoms with E-state index >= 15 is 0 Å². The van der Waals surface area contributed by atoms with E-state index in [0.717, 1.165) is 25.6 Å². The Morgan fingerprint density at radius 1 is 1.37 bits per heavy atom. The predicted octanol–water partition coefficient (Wildman–Crippen LogP) is 3.79. The van der Waals surface area contributed by atoms with Gasteiger partial charge in [-0.25, -0.2) is 0 Å². The van der Waals surface area contributed by atoms with Gasteiger partial charge in [0.2, 0.25) is 0 Å². The van der Waals surface area contributed by atoms with E-state index in [0.29, 0.717) is 0 Å². The van der Waals surface area contributed by atoms with Crippen LogP contribution < -0.4 is 5.32 Å². The van der Waals surface area contributed by atoms with E-state index < -0.39 is 0 Å². The van der Waals surface area contributed by atoms with E-state index in [-0.39, 0.29) is 0 Å². The van der Waals surface area contributed by atoms with Crippen LogP contribution in [0, 0.1) is 12.8 Å². The Balaban J connectivity index is 1.90. The van der Waals surface area contributed by atoms with Crippen LogP contribution in [-0.4, -0.2) is 24.5 Å². The lowest BCUT2D eigenvalue weighted by Crippen LogP contribution is -2.32. The summed E-state index contributed by atoms with van der Waals surface area (Å²) in [5.74, 6) is 0.972. The Kier molecular flexibility index (Phi) is 5.86. The third-order valence-corrected chi connectivity index (χ3v) is 5.30. The Labute approximate surface area is 122 Å². The second kappa shape index (κ2) is 7.41. The van der Waals surface area contributed by atoms with Gasteiger partial charge in [-0.3, -0.25) is 4.90 Å². The summed E-state index contributed by atoms with van der Waals surface area (Å²) in [5, 5.41) is 3.42. The largest absolute Gasteiger partial charge is 0.312 e. The molecule has 0 unspecified atom stereocenters. The van der Waals surface area contributed by atoms with Crippen molar-refractivity contribution in [2.24, 2.45) is 5.92 Å². The maximum Gasteiger partial charge on any atom is 0.0299 e. The Hall–Kier alpha value is -0.380. The van der Waals surface area contributed by atoms with Crippen molar-refractivity contribution in [2.45, 2.75) is 53.1 Å². The highest BCUT2D eigenvalue weighted by atomic mass is 32.1. The highest BCUT2D eigenvalue weighted by Gasteiger charge is 2.20. The third-order valence-electron chi connectivity index (χ3n) is 4.20. The number of nitrogens with zero attached hydrogens (tertiary/aromatic N) is 1. The molecule has 0 amide bonds. The van der Waals surface area contributed by atoms with Crippen molar-refractivity contribution in [2.75, 3.05) is 19.6 Å². The summed E-state index contributed by atoms with van der Waals surface area (Å²) < 4.78 is 0. The quantitative estimate of drug-likeness (QED) is 0.779. The van der Waals surface area contributed by atoms with Gasteiger partial charge in [-0.15, -0.1) is 11.3 Å². The minimum absolute atomic E-state index is 0.972. The number of hydrogen-bond acceptors (Lipinski definition) is 3. The average Bonchev–Trinajstić information content (AvgIpc) is 2.70. The molecule has 19 heavy (non-hydrogen) atoms. The van der Waals surface area contributed by atoms with Gasteiger partial charge in [0.15, 0.2) is 0 Å². The van der Waals surface area contributed by atoms with Crippen molar-refractivity contribution < 1.29 is 0 Å². The van der Waals surface area contributed by atoms with Crippen molar-refractivity contribution in [3.63, 3.8) is 0 Å². The Morgan fingerprint density at radius 3 is 2.74 bits per heavy atom. The standard InChI is InChI=1S/C16H28N2S/c1-4-17-10-16-9-15(13(3)19-16)12-18(5-2)11-14-7-6-8-14/h9,14,17H,4-8,10-12H2,1-3H3. The van der Waals surface area contributed by atoms with Gasteiger partial charge in [-0.1, -0.05) is 20.3 Å². The van der Waals surface area contributed by atoms with Crippen LogP contribution in [0.5, 0.6) is 0 Å². The normalized spacial score (nSPS) is 16.0. The maximum absolute atomic E-state index is 3.42. The number of thiophene rings is 1. The zero-order valence-corrected chi connectivity index (χ0v) is 13.5. The van der Waals surface area contributed by atoms with Crippen molar-refractivity contribution in [1.29, 1.82) is 0 Å². The molecule has 2 rings (SSSR count). The number of nitrogens with one attached hydrogen (secondary N) is 1. The second-order valence-electron chi connectivity index (χ2n) is 5.70. The van der Waals surface area contributed by atoms with E-state index in [1.165, 1.54) is 42.1 Å². The number of aryl methyl sites for hydroxylation is 1. The van der Waals surface area contributed by atoms with Gasteiger partial charge in [0, 0.05) is 29.4 Å². The molecule has 0 aliphatic heterocycles. The molecule has 0 radical (unpaired) electrons. The molecule has 1 fully saturated rings. The summed E-state index contributed by atoms with van der Waals surface area (Å²) in [4.78, 5) is 5.60. The molecule has 1 aromatic rings. The highest BCUT2D eigenvalue weighted by molar-refractivity contribution is 7.12. The molecule has 0 atom stereocenters. The first-order chi connectivity index (χ1) is 9.22. The van der Waals surface area contributed by atoms with Crippen LogP contribution >= 0.6 is 11.3 Å². The summed E-state index contributed by atoms with van der Waals surface area (Å²) in [5.41, 5.74) is 1.54. The molecule has 1 N–H and O–H groups in total. The second-order valence-corrected chi connectivity index (χ2v) is 7.04. The van der Waals surface area contributed by atoms with E-state index in [4.69, 9.17) is 0 Å². The van der Waals surface area contributed by atoms with Crippen LogP contribution in [0.15, 0.2) is 6.07 Å². The molecule has 108 valence electrons. The van der Waals surface area contributed by atoms with Gasteiger partial charge in [-0.05, 0) is 50.4 Å². The van der Waals surface area contributed by atoms with E-state index in [2.05, 4.69) is 37.1 Å². The van der Waals surface area contributed by atoms with Crippen LogP contribution in [-0.2, 0) is 13.1 Å². The first kappa shape index (κ1) is 15.0.